The molecule has 2 N–H and O–H groups in total. The van der Waals surface area contributed by atoms with Crippen LogP contribution in [0.5, 0.6) is 5.75 Å². The zero-order chi connectivity index (χ0) is 12.4. The highest BCUT2D eigenvalue weighted by Crippen LogP contribution is 2.36. The van der Waals surface area contributed by atoms with Gasteiger partial charge in [-0.25, -0.2) is 4.98 Å². The number of nitrogen functional groups attached to an aromatic ring is 1. The zero-order valence-electron chi connectivity index (χ0n) is 9.08. The number of hydrogen-bond acceptors (Lipinski definition) is 3. The van der Waals surface area contributed by atoms with Crippen LogP contribution in [0.15, 0.2) is 30.5 Å². The molecule has 5 heteroatoms. The quantitative estimate of drug-likeness (QED) is 0.905. The number of hydrogen-bond donors (Lipinski definition) is 1. The van der Waals surface area contributed by atoms with Crippen molar-refractivity contribution in [2.45, 2.75) is 0 Å². The molecular formula is C12H10Cl2N2O. The molecule has 1 aromatic heterocycles. The number of ether oxygens (including phenoxy) is 1. The molecule has 0 amide bonds. The second-order valence-corrected chi connectivity index (χ2v) is 4.25. The van der Waals surface area contributed by atoms with Crippen LogP contribution in [0.4, 0.5) is 5.82 Å². The monoisotopic (exact) mass is 268 g/mol. The van der Waals surface area contributed by atoms with Crippen LogP contribution in [0.1, 0.15) is 0 Å². The van der Waals surface area contributed by atoms with Crippen LogP contribution >= 0.6 is 23.2 Å². The minimum absolute atomic E-state index is 0.436. The topological polar surface area (TPSA) is 48.1 Å². The standard InChI is InChI=1S/C12H10Cl2N2O/c1-17-11-6-9(13)8(5-10(11)14)7-2-3-16-12(15)4-7/h2-6H,1H3,(H2,15,16). The molecule has 0 unspecified atom stereocenters. The van der Waals surface area contributed by atoms with Gasteiger partial charge in [-0.15, -0.1) is 0 Å². The Bertz CT molecular complexity index is 558. The molecule has 0 bridgehead atoms. The van der Waals surface area contributed by atoms with E-state index in [0.717, 1.165) is 11.1 Å². The molecule has 3 nitrogen and oxygen atoms in total. The Labute approximate surface area is 109 Å². The molecule has 0 saturated carbocycles. The van der Waals surface area contributed by atoms with Gasteiger partial charge in [0.1, 0.15) is 11.6 Å². The van der Waals surface area contributed by atoms with Gasteiger partial charge < -0.3 is 10.5 Å². The van der Waals surface area contributed by atoms with Crippen LogP contribution in [0, 0.1) is 0 Å². The third-order valence-corrected chi connectivity index (χ3v) is 2.94. The highest BCUT2D eigenvalue weighted by molar-refractivity contribution is 6.36. The number of halogens is 2. The molecule has 0 aliphatic rings. The lowest BCUT2D eigenvalue weighted by Crippen LogP contribution is -1.91. The average molecular weight is 269 g/mol. The number of benzene rings is 1. The van der Waals surface area contributed by atoms with E-state index >= 15 is 0 Å². The summed E-state index contributed by atoms with van der Waals surface area (Å²) >= 11 is 12.2. The Morgan fingerprint density at radius 1 is 1.18 bits per heavy atom. The maximum absolute atomic E-state index is 6.17. The minimum Gasteiger partial charge on any atom is -0.495 e. The lowest BCUT2D eigenvalue weighted by Gasteiger charge is -2.09. The van der Waals surface area contributed by atoms with E-state index in [1.807, 2.05) is 6.07 Å². The molecule has 0 aliphatic carbocycles. The van der Waals surface area contributed by atoms with Crippen molar-refractivity contribution in [2.24, 2.45) is 0 Å². The first-order valence-corrected chi connectivity index (χ1v) is 5.62. The normalized spacial score (nSPS) is 10.3. The molecule has 2 aromatic rings. The van der Waals surface area contributed by atoms with Crippen molar-refractivity contribution >= 4 is 29.0 Å². The Hall–Kier alpha value is -1.45. The second-order valence-electron chi connectivity index (χ2n) is 3.44. The fourth-order valence-corrected chi connectivity index (χ4v) is 2.03. The van der Waals surface area contributed by atoms with Crippen molar-refractivity contribution < 1.29 is 4.74 Å². The van der Waals surface area contributed by atoms with Gasteiger partial charge in [0.2, 0.25) is 0 Å². The number of aromatic nitrogens is 1. The smallest absolute Gasteiger partial charge is 0.138 e. The van der Waals surface area contributed by atoms with Gasteiger partial charge in [-0.1, -0.05) is 23.2 Å². The van der Waals surface area contributed by atoms with E-state index in [9.17, 15) is 0 Å². The third kappa shape index (κ3) is 2.46. The Kier molecular flexibility index (Phi) is 3.41. The molecule has 1 aromatic carbocycles. The van der Waals surface area contributed by atoms with Gasteiger partial charge >= 0.3 is 0 Å². The van der Waals surface area contributed by atoms with Gasteiger partial charge in [-0.2, -0.15) is 0 Å². The predicted molar refractivity (Wildman–Crippen MR) is 70.7 cm³/mol. The van der Waals surface area contributed by atoms with Crippen LogP contribution < -0.4 is 10.5 Å². The first kappa shape index (κ1) is 12.0. The van der Waals surface area contributed by atoms with E-state index in [1.54, 1.807) is 31.5 Å². The molecular weight excluding hydrogens is 259 g/mol. The number of rotatable bonds is 2. The van der Waals surface area contributed by atoms with Crippen LogP contribution in [0.25, 0.3) is 11.1 Å². The number of pyridine rings is 1. The van der Waals surface area contributed by atoms with E-state index in [1.165, 1.54) is 0 Å². The van der Waals surface area contributed by atoms with Crippen molar-refractivity contribution in [2.75, 3.05) is 12.8 Å². The summed E-state index contributed by atoms with van der Waals surface area (Å²) in [6.07, 6.45) is 1.62. The first-order chi connectivity index (χ1) is 8.11. The molecule has 0 spiro atoms. The van der Waals surface area contributed by atoms with Crippen LogP contribution in [-0.2, 0) is 0 Å². The fraction of sp³-hybridized carbons (Fsp3) is 0.0833. The highest BCUT2D eigenvalue weighted by atomic mass is 35.5. The van der Waals surface area contributed by atoms with E-state index in [-0.39, 0.29) is 0 Å². The molecule has 88 valence electrons. The van der Waals surface area contributed by atoms with E-state index in [2.05, 4.69) is 4.98 Å². The van der Waals surface area contributed by atoms with Gasteiger partial charge in [0.25, 0.3) is 0 Å². The summed E-state index contributed by atoms with van der Waals surface area (Å²) in [5.74, 6) is 0.980. The zero-order valence-corrected chi connectivity index (χ0v) is 10.6. The molecule has 1 heterocycles. The van der Waals surface area contributed by atoms with Crippen molar-refractivity contribution in [1.82, 2.24) is 4.98 Å². The number of nitrogens with two attached hydrogens (primary N) is 1. The molecule has 0 saturated heterocycles. The number of methoxy groups -OCH3 is 1. The van der Waals surface area contributed by atoms with E-state index < -0.39 is 0 Å². The van der Waals surface area contributed by atoms with Crippen LogP contribution in [-0.4, -0.2) is 12.1 Å². The summed E-state index contributed by atoms with van der Waals surface area (Å²) in [5, 5.41) is 1.05. The SMILES string of the molecule is COc1cc(Cl)c(-c2ccnc(N)c2)cc1Cl. The summed E-state index contributed by atoms with van der Waals surface area (Å²) in [7, 11) is 1.54. The lowest BCUT2D eigenvalue weighted by atomic mass is 10.1. The van der Waals surface area contributed by atoms with Crippen molar-refractivity contribution in [3.8, 4) is 16.9 Å². The van der Waals surface area contributed by atoms with Crippen molar-refractivity contribution in [3.63, 3.8) is 0 Å². The number of anilines is 1. The van der Waals surface area contributed by atoms with E-state index in [0.29, 0.717) is 21.6 Å². The Morgan fingerprint density at radius 3 is 2.59 bits per heavy atom. The molecule has 0 fully saturated rings. The maximum atomic E-state index is 6.17. The Balaban J connectivity index is 2.56. The molecule has 2 rings (SSSR count). The summed E-state index contributed by atoms with van der Waals surface area (Å²) in [5.41, 5.74) is 7.29. The summed E-state index contributed by atoms with van der Waals surface area (Å²) in [6.45, 7) is 0. The molecule has 0 aliphatic heterocycles. The van der Waals surface area contributed by atoms with Crippen LogP contribution in [0.3, 0.4) is 0 Å². The summed E-state index contributed by atoms with van der Waals surface area (Å²) in [4.78, 5) is 3.93. The van der Waals surface area contributed by atoms with Crippen LogP contribution in [0.2, 0.25) is 10.0 Å². The number of nitrogens with zero attached hydrogens (tertiary/aromatic N) is 1. The maximum Gasteiger partial charge on any atom is 0.138 e. The summed E-state index contributed by atoms with van der Waals surface area (Å²) in [6, 6.07) is 6.98. The summed E-state index contributed by atoms with van der Waals surface area (Å²) < 4.78 is 5.09. The largest absolute Gasteiger partial charge is 0.495 e. The molecule has 17 heavy (non-hydrogen) atoms. The van der Waals surface area contributed by atoms with Crippen molar-refractivity contribution in [3.05, 3.63) is 40.5 Å². The molecule has 0 atom stereocenters. The minimum atomic E-state index is 0.436. The highest BCUT2D eigenvalue weighted by Gasteiger charge is 2.09. The van der Waals surface area contributed by atoms with Gasteiger partial charge in [0, 0.05) is 17.8 Å². The van der Waals surface area contributed by atoms with Gasteiger partial charge in [0.05, 0.1) is 17.2 Å². The predicted octanol–water partition coefficient (Wildman–Crippen LogP) is 3.65. The first-order valence-electron chi connectivity index (χ1n) is 4.86. The Morgan fingerprint density at radius 2 is 1.94 bits per heavy atom. The average Bonchev–Trinajstić information content (AvgIpc) is 2.31. The van der Waals surface area contributed by atoms with Gasteiger partial charge in [-0.3, -0.25) is 0 Å². The van der Waals surface area contributed by atoms with Gasteiger partial charge in [-0.05, 0) is 23.8 Å². The third-order valence-electron chi connectivity index (χ3n) is 2.33. The lowest BCUT2D eigenvalue weighted by molar-refractivity contribution is 0.415. The van der Waals surface area contributed by atoms with E-state index in [4.69, 9.17) is 33.7 Å². The second kappa shape index (κ2) is 4.82. The van der Waals surface area contributed by atoms with Crippen molar-refractivity contribution in [1.29, 1.82) is 0 Å². The molecule has 0 radical (unpaired) electrons. The fourth-order valence-electron chi connectivity index (χ4n) is 1.52. The van der Waals surface area contributed by atoms with Gasteiger partial charge in [0.15, 0.2) is 0 Å².